The van der Waals surface area contributed by atoms with Crippen LogP contribution in [0.1, 0.15) is 32.7 Å². The van der Waals surface area contributed by atoms with E-state index in [9.17, 15) is 24.5 Å². The molecule has 2 aromatic rings. The highest BCUT2D eigenvalue weighted by Crippen LogP contribution is 2.26. The number of non-ortho nitro benzene ring substituents is 1. The molecule has 0 saturated carbocycles. The zero-order valence-electron chi connectivity index (χ0n) is 15.9. The van der Waals surface area contributed by atoms with Crippen molar-refractivity contribution in [3.63, 3.8) is 0 Å². The smallest absolute Gasteiger partial charge is 0.314 e. The lowest BCUT2D eigenvalue weighted by molar-refractivity contribution is -0.384. The molecule has 0 radical (unpaired) electrons. The summed E-state index contributed by atoms with van der Waals surface area (Å²) in [6.07, 6.45) is 1.04. The van der Waals surface area contributed by atoms with E-state index in [-0.39, 0.29) is 35.9 Å². The predicted octanol–water partition coefficient (Wildman–Crippen LogP) is 2.89. The summed E-state index contributed by atoms with van der Waals surface area (Å²) in [7, 11) is 0. The number of hydrogen-bond acceptors (Lipinski definition) is 5. The maximum Gasteiger partial charge on any atom is 0.314 e. The Labute approximate surface area is 180 Å². The molecule has 156 valence electrons. The second kappa shape index (κ2) is 9.49. The lowest BCUT2D eigenvalue weighted by atomic mass is 10.1. The number of nitro benzene ring substituents is 1. The average molecular weight is 475 g/mol. The first kappa shape index (κ1) is 21.4. The normalized spacial score (nSPS) is 12.6. The Morgan fingerprint density at radius 2 is 1.73 bits per heavy atom. The van der Waals surface area contributed by atoms with Crippen molar-refractivity contribution in [3.05, 3.63) is 73.7 Å². The first-order chi connectivity index (χ1) is 14.4. The van der Waals surface area contributed by atoms with Crippen LogP contribution in [-0.4, -0.2) is 47.3 Å². The molecule has 1 heterocycles. The molecule has 1 aliphatic heterocycles. The molecule has 9 nitrogen and oxygen atoms in total. The van der Waals surface area contributed by atoms with Crippen molar-refractivity contribution < 1.29 is 19.3 Å². The molecule has 0 bridgehead atoms. The maximum absolute atomic E-state index is 12.4. The Morgan fingerprint density at radius 3 is 2.47 bits per heavy atom. The third-order valence-electron chi connectivity index (χ3n) is 4.65. The summed E-state index contributed by atoms with van der Waals surface area (Å²) in [4.78, 5) is 47.9. The number of hydrogen-bond donors (Lipinski definition) is 2. The Hall–Kier alpha value is -3.27. The van der Waals surface area contributed by atoms with E-state index in [4.69, 9.17) is 0 Å². The number of nitrogens with zero attached hydrogens (tertiary/aromatic N) is 2. The molecule has 3 rings (SSSR count). The highest BCUT2D eigenvalue weighted by atomic mass is 79.9. The number of nitrogens with one attached hydrogen (secondary N) is 2. The van der Waals surface area contributed by atoms with Gasteiger partial charge in [-0.3, -0.25) is 24.6 Å². The van der Waals surface area contributed by atoms with Crippen molar-refractivity contribution >= 4 is 39.5 Å². The molecular weight excluding hydrogens is 456 g/mol. The van der Waals surface area contributed by atoms with Crippen LogP contribution in [0, 0.1) is 10.1 Å². The third-order valence-corrected chi connectivity index (χ3v) is 5.42. The highest BCUT2D eigenvalue weighted by molar-refractivity contribution is 9.10. The highest BCUT2D eigenvalue weighted by Gasteiger charge is 2.36. The van der Waals surface area contributed by atoms with Crippen molar-refractivity contribution in [1.82, 2.24) is 15.5 Å². The summed E-state index contributed by atoms with van der Waals surface area (Å²) in [5.74, 6) is -1.04. The number of amides is 4. The molecule has 30 heavy (non-hydrogen) atoms. The van der Waals surface area contributed by atoms with Crippen LogP contribution in [0.15, 0.2) is 46.9 Å². The average Bonchev–Trinajstić information content (AvgIpc) is 2.96. The van der Waals surface area contributed by atoms with Gasteiger partial charge in [0.1, 0.15) is 0 Å². The van der Waals surface area contributed by atoms with Crippen LogP contribution in [0.5, 0.6) is 0 Å². The predicted molar refractivity (Wildman–Crippen MR) is 112 cm³/mol. The number of imide groups is 1. The number of carbonyl (C=O) groups excluding carboxylic acids is 3. The monoisotopic (exact) mass is 474 g/mol. The van der Waals surface area contributed by atoms with Crippen molar-refractivity contribution in [2.24, 2.45) is 0 Å². The SMILES string of the molecule is O=C(NCCCN1C(=O)c2ccc([N+](=O)[O-])cc2C1=O)NCCc1ccccc1Br. The summed E-state index contributed by atoms with van der Waals surface area (Å²) in [6.45, 7) is 0.845. The van der Waals surface area contributed by atoms with Gasteiger partial charge in [0, 0.05) is 36.2 Å². The number of urea groups is 1. The zero-order valence-corrected chi connectivity index (χ0v) is 17.5. The molecule has 0 unspecified atom stereocenters. The molecule has 0 saturated heterocycles. The number of halogens is 1. The van der Waals surface area contributed by atoms with Gasteiger partial charge >= 0.3 is 6.03 Å². The molecule has 4 amide bonds. The van der Waals surface area contributed by atoms with Gasteiger partial charge < -0.3 is 10.6 Å². The van der Waals surface area contributed by atoms with Crippen LogP contribution in [0.3, 0.4) is 0 Å². The van der Waals surface area contributed by atoms with Gasteiger partial charge in [-0.2, -0.15) is 0 Å². The second-order valence-corrected chi connectivity index (χ2v) is 7.48. The van der Waals surface area contributed by atoms with Gasteiger partial charge in [0.25, 0.3) is 17.5 Å². The molecule has 0 fully saturated rings. The Kier molecular flexibility index (Phi) is 6.78. The van der Waals surface area contributed by atoms with Crippen LogP contribution in [0.2, 0.25) is 0 Å². The fourth-order valence-corrected chi connectivity index (χ4v) is 3.59. The topological polar surface area (TPSA) is 122 Å². The molecular formula is C20H19BrN4O5. The lowest BCUT2D eigenvalue weighted by Gasteiger charge is -2.14. The van der Waals surface area contributed by atoms with E-state index in [0.717, 1.165) is 21.0 Å². The van der Waals surface area contributed by atoms with E-state index >= 15 is 0 Å². The van der Waals surface area contributed by atoms with Gasteiger partial charge in [0.15, 0.2) is 0 Å². The van der Waals surface area contributed by atoms with Crippen LogP contribution in [0.25, 0.3) is 0 Å². The summed E-state index contributed by atoms with van der Waals surface area (Å²) in [5, 5.41) is 16.3. The summed E-state index contributed by atoms with van der Waals surface area (Å²) in [6, 6.07) is 11.0. The number of carbonyl (C=O) groups is 3. The second-order valence-electron chi connectivity index (χ2n) is 6.63. The Bertz CT molecular complexity index is 1010. The van der Waals surface area contributed by atoms with Gasteiger partial charge in [-0.25, -0.2) is 4.79 Å². The van der Waals surface area contributed by atoms with E-state index in [0.29, 0.717) is 19.4 Å². The molecule has 2 N–H and O–H groups in total. The fraction of sp³-hybridized carbons (Fsp3) is 0.250. The van der Waals surface area contributed by atoms with E-state index in [1.165, 1.54) is 12.1 Å². The minimum atomic E-state index is -0.611. The molecule has 1 aliphatic rings. The van der Waals surface area contributed by atoms with Crippen molar-refractivity contribution in [3.8, 4) is 0 Å². The molecule has 0 atom stereocenters. The van der Waals surface area contributed by atoms with Gasteiger partial charge in [0.05, 0.1) is 16.1 Å². The van der Waals surface area contributed by atoms with Gasteiger partial charge in [-0.15, -0.1) is 0 Å². The van der Waals surface area contributed by atoms with E-state index in [1.54, 1.807) is 0 Å². The molecule has 2 aromatic carbocycles. The minimum absolute atomic E-state index is 0.0342. The standard InChI is InChI=1S/C20H19BrN4O5/c21-17-5-2-1-4-13(17)8-10-23-20(28)22-9-3-11-24-18(26)15-7-6-14(25(29)30)12-16(15)19(24)27/h1-2,4-7,12H,3,8-11H2,(H2,22,23,28). The van der Waals surface area contributed by atoms with E-state index in [1.807, 2.05) is 24.3 Å². The van der Waals surface area contributed by atoms with Crippen LogP contribution >= 0.6 is 15.9 Å². The largest absolute Gasteiger partial charge is 0.338 e. The van der Waals surface area contributed by atoms with Gasteiger partial charge in [0.2, 0.25) is 0 Å². The summed E-state index contributed by atoms with van der Waals surface area (Å²) in [5.41, 5.74) is 1.04. The first-order valence-electron chi connectivity index (χ1n) is 9.28. The number of nitro groups is 1. The van der Waals surface area contributed by atoms with E-state index < -0.39 is 16.7 Å². The minimum Gasteiger partial charge on any atom is -0.338 e. The molecule has 0 aromatic heterocycles. The fourth-order valence-electron chi connectivity index (χ4n) is 3.11. The number of fused-ring (bicyclic) bond motifs is 1. The van der Waals surface area contributed by atoms with Crippen molar-refractivity contribution in [2.45, 2.75) is 12.8 Å². The van der Waals surface area contributed by atoms with E-state index in [2.05, 4.69) is 26.6 Å². The Morgan fingerprint density at radius 1 is 1.03 bits per heavy atom. The van der Waals surface area contributed by atoms with Crippen LogP contribution in [-0.2, 0) is 6.42 Å². The van der Waals surface area contributed by atoms with Crippen molar-refractivity contribution in [1.29, 1.82) is 0 Å². The third kappa shape index (κ3) is 4.82. The lowest BCUT2D eigenvalue weighted by Crippen LogP contribution is -2.38. The number of benzene rings is 2. The first-order valence-corrected chi connectivity index (χ1v) is 10.1. The summed E-state index contributed by atoms with van der Waals surface area (Å²) >= 11 is 3.46. The quantitative estimate of drug-likeness (QED) is 0.263. The maximum atomic E-state index is 12.4. The molecule has 0 aliphatic carbocycles. The molecule has 0 spiro atoms. The van der Waals surface area contributed by atoms with Crippen molar-refractivity contribution in [2.75, 3.05) is 19.6 Å². The van der Waals surface area contributed by atoms with Gasteiger partial charge in [-0.05, 0) is 30.5 Å². The molecule has 10 heteroatoms. The zero-order chi connectivity index (χ0) is 21.7. The summed E-state index contributed by atoms with van der Waals surface area (Å²) < 4.78 is 0.985. The van der Waals surface area contributed by atoms with Crippen LogP contribution < -0.4 is 10.6 Å². The number of rotatable bonds is 8. The Balaban J connectivity index is 1.41. The van der Waals surface area contributed by atoms with Gasteiger partial charge in [-0.1, -0.05) is 34.1 Å². The van der Waals surface area contributed by atoms with Crippen LogP contribution in [0.4, 0.5) is 10.5 Å².